The molecule has 4 rings (SSSR count). The van der Waals surface area contributed by atoms with Crippen molar-refractivity contribution in [2.75, 3.05) is 5.75 Å². The van der Waals surface area contributed by atoms with Crippen LogP contribution in [-0.4, -0.2) is 27.7 Å². The number of amides is 1. The summed E-state index contributed by atoms with van der Waals surface area (Å²) >= 11 is 3.23. The number of thiazole rings is 1. The molecule has 1 aromatic carbocycles. The third-order valence-electron chi connectivity index (χ3n) is 3.76. The molecule has 0 spiro atoms. The van der Waals surface area contributed by atoms with E-state index in [9.17, 15) is 4.79 Å². The summed E-state index contributed by atoms with van der Waals surface area (Å²) in [7, 11) is 0. The zero-order valence-electron chi connectivity index (χ0n) is 10.8. The van der Waals surface area contributed by atoms with Gasteiger partial charge in [0.1, 0.15) is 16.1 Å². The second kappa shape index (κ2) is 4.56. The number of fused-ring (bicyclic) bond motifs is 2. The van der Waals surface area contributed by atoms with Crippen LogP contribution in [0.15, 0.2) is 17.1 Å². The Morgan fingerprint density at radius 1 is 1.30 bits per heavy atom. The number of aliphatic imine (C=N–C) groups is 1. The first kappa shape index (κ1) is 12.3. The number of carbonyl (C=O) groups is 1. The molecule has 0 fully saturated rings. The van der Waals surface area contributed by atoms with Crippen LogP contribution < -0.4 is 5.73 Å². The van der Waals surface area contributed by atoms with Crippen LogP contribution in [0.2, 0.25) is 0 Å². The molecule has 2 aliphatic rings. The average molecular weight is 303 g/mol. The van der Waals surface area contributed by atoms with Crippen molar-refractivity contribution in [2.24, 2.45) is 10.7 Å². The number of rotatable bonds is 2. The van der Waals surface area contributed by atoms with E-state index in [1.165, 1.54) is 28.7 Å². The van der Waals surface area contributed by atoms with Crippen LogP contribution in [0.5, 0.6) is 0 Å². The van der Waals surface area contributed by atoms with Gasteiger partial charge in [-0.15, -0.1) is 23.1 Å². The molecule has 0 saturated carbocycles. The van der Waals surface area contributed by atoms with Gasteiger partial charge in [0.15, 0.2) is 0 Å². The van der Waals surface area contributed by atoms with Gasteiger partial charge >= 0.3 is 0 Å². The number of nitrogens with two attached hydrogens (primary N) is 1. The van der Waals surface area contributed by atoms with Crippen molar-refractivity contribution in [1.29, 1.82) is 0 Å². The highest BCUT2D eigenvalue weighted by molar-refractivity contribution is 8.15. The molecule has 0 radical (unpaired) electrons. The second-order valence-corrected chi connectivity index (χ2v) is 7.16. The largest absolute Gasteiger partial charge is 0.368 e. The number of hydrogen-bond donors (Lipinski definition) is 1. The number of benzene rings is 1. The first-order chi connectivity index (χ1) is 9.70. The van der Waals surface area contributed by atoms with E-state index in [0.717, 1.165) is 22.0 Å². The van der Waals surface area contributed by atoms with Crippen LogP contribution >= 0.6 is 23.1 Å². The summed E-state index contributed by atoms with van der Waals surface area (Å²) in [6, 6.07) is 4.08. The Hall–Kier alpha value is -1.40. The molecule has 0 bridgehead atoms. The quantitative estimate of drug-likeness (QED) is 0.924. The van der Waals surface area contributed by atoms with Gasteiger partial charge in [-0.1, -0.05) is 0 Å². The fourth-order valence-electron chi connectivity index (χ4n) is 2.72. The van der Waals surface area contributed by atoms with Gasteiger partial charge in [-0.05, 0) is 42.5 Å². The maximum Gasteiger partial charge on any atom is 0.243 e. The molecule has 0 saturated heterocycles. The maximum atomic E-state index is 11.2. The van der Waals surface area contributed by atoms with Crippen molar-refractivity contribution in [2.45, 2.75) is 25.3 Å². The Labute approximate surface area is 124 Å². The molecule has 0 unspecified atom stereocenters. The first-order valence-corrected chi connectivity index (χ1v) is 8.43. The molecular formula is C14H13N3OS2. The lowest BCUT2D eigenvalue weighted by molar-refractivity contribution is -0.118. The van der Waals surface area contributed by atoms with Gasteiger partial charge in [-0.3, -0.25) is 9.79 Å². The number of nitrogens with zero attached hydrogens (tertiary/aromatic N) is 2. The predicted molar refractivity (Wildman–Crippen MR) is 83.6 cm³/mol. The molecule has 1 atom stereocenters. The molecule has 1 aromatic heterocycles. The zero-order valence-corrected chi connectivity index (χ0v) is 12.4. The van der Waals surface area contributed by atoms with E-state index in [1.54, 1.807) is 23.1 Å². The predicted octanol–water partition coefficient (Wildman–Crippen LogP) is 2.13. The van der Waals surface area contributed by atoms with E-state index < -0.39 is 6.04 Å². The fourth-order valence-corrected chi connectivity index (χ4v) is 4.85. The normalized spacial score (nSPS) is 21.2. The third-order valence-corrected chi connectivity index (χ3v) is 5.97. The number of thioether (sulfide) groups is 1. The van der Waals surface area contributed by atoms with Gasteiger partial charge < -0.3 is 5.73 Å². The molecule has 1 aliphatic carbocycles. The number of primary amides is 1. The summed E-state index contributed by atoms with van der Waals surface area (Å²) in [6.45, 7) is 0. The van der Waals surface area contributed by atoms with Crippen LogP contribution in [0.25, 0.3) is 10.2 Å². The Morgan fingerprint density at radius 3 is 2.85 bits per heavy atom. The van der Waals surface area contributed by atoms with Crippen molar-refractivity contribution in [1.82, 2.24) is 4.98 Å². The highest BCUT2D eigenvalue weighted by Gasteiger charge is 2.25. The van der Waals surface area contributed by atoms with E-state index in [2.05, 4.69) is 22.1 Å². The number of hydrogen-bond acceptors (Lipinski definition) is 5. The van der Waals surface area contributed by atoms with Gasteiger partial charge in [0, 0.05) is 5.75 Å². The zero-order chi connectivity index (χ0) is 13.7. The van der Waals surface area contributed by atoms with Crippen LogP contribution in [0.1, 0.15) is 22.6 Å². The SMILES string of the molecule is NC(=O)[C@H]1CSC(c2nc3cc4c(cc3s2)CCC4)=N1. The summed E-state index contributed by atoms with van der Waals surface area (Å²) in [5, 5.41) is 1.77. The highest BCUT2D eigenvalue weighted by Crippen LogP contribution is 2.33. The van der Waals surface area contributed by atoms with Crippen molar-refractivity contribution in [3.8, 4) is 0 Å². The number of aromatic nitrogens is 1. The van der Waals surface area contributed by atoms with Crippen molar-refractivity contribution in [3.05, 3.63) is 28.3 Å². The van der Waals surface area contributed by atoms with Gasteiger partial charge in [0.2, 0.25) is 5.91 Å². The summed E-state index contributed by atoms with van der Waals surface area (Å²) in [5.74, 6) is 0.282. The first-order valence-electron chi connectivity index (χ1n) is 6.63. The van der Waals surface area contributed by atoms with Crippen LogP contribution in [-0.2, 0) is 17.6 Å². The van der Waals surface area contributed by atoms with Crippen LogP contribution in [0, 0.1) is 0 Å². The minimum absolute atomic E-state index is 0.354. The standard InChI is InChI=1S/C14H13N3OS2/c15-12(18)10-6-19-13(17-10)14-16-9-4-7-2-1-3-8(7)5-11(9)20-14/h4-5,10H,1-3,6H2,(H2,15,18)/t10-/m1/s1. The number of carbonyl (C=O) groups excluding carboxylic acids is 1. The second-order valence-electron chi connectivity index (χ2n) is 5.12. The molecule has 1 aliphatic heterocycles. The monoisotopic (exact) mass is 303 g/mol. The van der Waals surface area contributed by atoms with E-state index in [-0.39, 0.29) is 5.91 Å². The minimum atomic E-state index is -0.396. The summed E-state index contributed by atoms with van der Waals surface area (Å²) in [6.07, 6.45) is 3.60. The fraction of sp³-hybridized carbons (Fsp3) is 0.357. The Bertz CT molecular complexity index is 709. The summed E-state index contributed by atoms with van der Waals surface area (Å²) in [4.78, 5) is 20.2. The molecule has 6 heteroatoms. The Morgan fingerprint density at radius 2 is 2.10 bits per heavy atom. The molecule has 4 nitrogen and oxygen atoms in total. The minimum Gasteiger partial charge on any atom is -0.368 e. The molecule has 2 heterocycles. The van der Waals surface area contributed by atoms with Crippen molar-refractivity contribution in [3.63, 3.8) is 0 Å². The van der Waals surface area contributed by atoms with E-state index in [0.29, 0.717) is 5.75 Å². The van der Waals surface area contributed by atoms with Gasteiger partial charge in [-0.25, -0.2) is 4.98 Å². The van der Waals surface area contributed by atoms with E-state index in [1.807, 2.05) is 0 Å². The molecule has 2 aromatic rings. The maximum absolute atomic E-state index is 11.2. The Kier molecular flexibility index (Phi) is 2.82. The van der Waals surface area contributed by atoms with Gasteiger partial charge in [0.05, 0.1) is 10.2 Å². The average Bonchev–Trinajstić information content (AvgIpc) is 3.13. The highest BCUT2D eigenvalue weighted by atomic mass is 32.2. The molecule has 20 heavy (non-hydrogen) atoms. The number of aryl methyl sites for hydroxylation is 2. The topological polar surface area (TPSA) is 68.3 Å². The van der Waals surface area contributed by atoms with Crippen molar-refractivity contribution < 1.29 is 4.79 Å². The van der Waals surface area contributed by atoms with Crippen LogP contribution in [0.4, 0.5) is 0 Å². The Balaban J connectivity index is 1.75. The lowest BCUT2D eigenvalue weighted by Crippen LogP contribution is -2.26. The lowest BCUT2D eigenvalue weighted by Gasteiger charge is -1.96. The molecule has 1 amide bonds. The summed E-state index contributed by atoms with van der Waals surface area (Å²) in [5.41, 5.74) is 9.25. The smallest absolute Gasteiger partial charge is 0.243 e. The summed E-state index contributed by atoms with van der Waals surface area (Å²) < 4.78 is 1.21. The molecule has 2 N–H and O–H groups in total. The molecular weight excluding hydrogens is 290 g/mol. The van der Waals surface area contributed by atoms with Gasteiger partial charge in [-0.2, -0.15) is 0 Å². The van der Waals surface area contributed by atoms with Crippen molar-refractivity contribution >= 4 is 44.3 Å². The van der Waals surface area contributed by atoms with Crippen LogP contribution in [0.3, 0.4) is 0 Å². The third kappa shape index (κ3) is 1.94. The van der Waals surface area contributed by atoms with E-state index >= 15 is 0 Å². The van der Waals surface area contributed by atoms with Gasteiger partial charge in [0.25, 0.3) is 0 Å². The molecule has 102 valence electrons. The van der Waals surface area contributed by atoms with E-state index in [4.69, 9.17) is 5.73 Å². The lowest BCUT2D eigenvalue weighted by atomic mass is 10.1.